The fraction of sp³-hybridized carbons (Fsp3) is 0.400. The molecule has 102 valence electrons. The Morgan fingerprint density at radius 1 is 1.42 bits per heavy atom. The van der Waals surface area contributed by atoms with Gasteiger partial charge in [-0.2, -0.15) is 0 Å². The monoisotopic (exact) mass is 261 g/mol. The van der Waals surface area contributed by atoms with Crippen LogP contribution in [-0.4, -0.2) is 23.2 Å². The highest BCUT2D eigenvalue weighted by Gasteiger charge is 2.22. The van der Waals surface area contributed by atoms with E-state index < -0.39 is 5.60 Å². The molecule has 2 rings (SSSR count). The molecule has 0 aliphatic heterocycles. The third kappa shape index (κ3) is 2.79. The summed E-state index contributed by atoms with van der Waals surface area (Å²) >= 11 is 0. The minimum absolute atomic E-state index is 0.207. The minimum Gasteiger partial charge on any atom is -0.451 e. The van der Waals surface area contributed by atoms with Gasteiger partial charge in [0, 0.05) is 17.5 Å². The zero-order chi connectivity index (χ0) is 14.0. The first-order chi connectivity index (χ1) is 8.94. The van der Waals surface area contributed by atoms with Crippen LogP contribution in [0.4, 0.5) is 0 Å². The van der Waals surface area contributed by atoms with Crippen LogP contribution in [0.25, 0.3) is 11.0 Å². The number of amides is 1. The first-order valence-electron chi connectivity index (χ1n) is 6.43. The Morgan fingerprint density at radius 2 is 2.11 bits per heavy atom. The van der Waals surface area contributed by atoms with Crippen molar-refractivity contribution in [1.82, 2.24) is 5.32 Å². The van der Waals surface area contributed by atoms with Gasteiger partial charge in [0.05, 0.1) is 5.60 Å². The normalized spacial score (nSPS) is 14.3. The molecule has 0 aliphatic carbocycles. The molecule has 0 saturated carbocycles. The molecular formula is C15H19NO3. The number of hydrogen-bond acceptors (Lipinski definition) is 3. The molecule has 1 heterocycles. The van der Waals surface area contributed by atoms with E-state index >= 15 is 0 Å². The molecule has 1 atom stereocenters. The predicted molar refractivity (Wildman–Crippen MR) is 74.2 cm³/mol. The third-order valence-electron chi connectivity index (χ3n) is 3.44. The largest absolute Gasteiger partial charge is 0.451 e. The molecule has 4 nitrogen and oxygen atoms in total. The van der Waals surface area contributed by atoms with Gasteiger partial charge >= 0.3 is 0 Å². The van der Waals surface area contributed by atoms with Crippen molar-refractivity contribution in [3.63, 3.8) is 0 Å². The van der Waals surface area contributed by atoms with E-state index in [2.05, 4.69) is 5.32 Å². The Labute approximate surface area is 112 Å². The lowest BCUT2D eigenvalue weighted by Crippen LogP contribution is -2.40. The molecule has 0 spiro atoms. The molecule has 2 aromatic rings. The molecule has 0 aliphatic rings. The van der Waals surface area contributed by atoms with E-state index in [1.165, 1.54) is 0 Å². The maximum absolute atomic E-state index is 12.1. The molecule has 0 radical (unpaired) electrons. The van der Waals surface area contributed by atoms with E-state index in [9.17, 15) is 9.90 Å². The van der Waals surface area contributed by atoms with Crippen LogP contribution in [0.2, 0.25) is 0 Å². The average molecular weight is 261 g/mol. The van der Waals surface area contributed by atoms with Gasteiger partial charge in [-0.3, -0.25) is 4.79 Å². The molecule has 1 amide bonds. The number of nitrogens with one attached hydrogen (secondary N) is 1. The van der Waals surface area contributed by atoms with Crippen LogP contribution in [-0.2, 0) is 0 Å². The van der Waals surface area contributed by atoms with Crippen molar-refractivity contribution in [1.29, 1.82) is 0 Å². The summed E-state index contributed by atoms with van der Waals surface area (Å²) in [6.45, 7) is 5.63. The van der Waals surface area contributed by atoms with Gasteiger partial charge in [0.15, 0.2) is 5.76 Å². The Balaban J connectivity index is 2.20. The third-order valence-corrected chi connectivity index (χ3v) is 3.44. The zero-order valence-corrected chi connectivity index (χ0v) is 11.5. The van der Waals surface area contributed by atoms with Gasteiger partial charge in [-0.1, -0.05) is 25.1 Å². The van der Waals surface area contributed by atoms with Crippen LogP contribution in [0, 0.1) is 6.92 Å². The number of furan rings is 1. The lowest BCUT2D eigenvalue weighted by Gasteiger charge is -2.21. The Morgan fingerprint density at radius 3 is 2.74 bits per heavy atom. The molecule has 1 aromatic carbocycles. The highest BCUT2D eigenvalue weighted by Crippen LogP contribution is 2.24. The maximum atomic E-state index is 12.1. The fourth-order valence-corrected chi connectivity index (χ4v) is 1.87. The Kier molecular flexibility index (Phi) is 3.62. The van der Waals surface area contributed by atoms with Crippen LogP contribution >= 0.6 is 0 Å². The van der Waals surface area contributed by atoms with Gasteiger partial charge in [0.2, 0.25) is 0 Å². The van der Waals surface area contributed by atoms with Gasteiger partial charge in [-0.15, -0.1) is 0 Å². The molecular weight excluding hydrogens is 242 g/mol. The van der Waals surface area contributed by atoms with Gasteiger partial charge in [-0.25, -0.2) is 0 Å². The number of hydrogen-bond donors (Lipinski definition) is 2. The van der Waals surface area contributed by atoms with E-state index in [-0.39, 0.29) is 12.5 Å². The summed E-state index contributed by atoms with van der Waals surface area (Å²) < 4.78 is 5.57. The smallest absolute Gasteiger partial charge is 0.287 e. The predicted octanol–water partition coefficient (Wildman–Crippen LogP) is 2.63. The topological polar surface area (TPSA) is 62.5 Å². The second kappa shape index (κ2) is 5.05. The number of rotatable bonds is 4. The first-order valence-corrected chi connectivity index (χ1v) is 6.43. The minimum atomic E-state index is -0.893. The Hall–Kier alpha value is -1.81. The van der Waals surface area contributed by atoms with Crippen molar-refractivity contribution >= 4 is 16.9 Å². The SMILES string of the molecule is CCC(C)(O)CNC(=O)c1oc2ccccc2c1C. The highest BCUT2D eigenvalue weighted by molar-refractivity contribution is 5.98. The van der Waals surface area contributed by atoms with Crippen molar-refractivity contribution in [2.24, 2.45) is 0 Å². The summed E-state index contributed by atoms with van der Waals surface area (Å²) in [5, 5.41) is 13.5. The number of aryl methyl sites for hydroxylation is 1. The summed E-state index contributed by atoms with van der Waals surface area (Å²) in [6.07, 6.45) is 0.576. The number of fused-ring (bicyclic) bond motifs is 1. The summed E-state index contributed by atoms with van der Waals surface area (Å²) in [6, 6.07) is 7.54. The van der Waals surface area contributed by atoms with Crippen molar-refractivity contribution in [3.8, 4) is 0 Å². The lowest BCUT2D eigenvalue weighted by atomic mass is 10.0. The van der Waals surface area contributed by atoms with E-state index in [0.29, 0.717) is 17.8 Å². The van der Waals surface area contributed by atoms with Gasteiger partial charge in [0.1, 0.15) is 5.58 Å². The number of carbonyl (C=O) groups is 1. The molecule has 0 bridgehead atoms. The number of benzene rings is 1. The lowest BCUT2D eigenvalue weighted by molar-refractivity contribution is 0.0511. The maximum Gasteiger partial charge on any atom is 0.287 e. The van der Waals surface area contributed by atoms with Crippen molar-refractivity contribution in [2.75, 3.05) is 6.54 Å². The molecule has 1 unspecified atom stereocenters. The second-order valence-electron chi connectivity index (χ2n) is 5.09. The van der Waals surface area contributed by atoms with Crippen LogP contribution in [0.3, 0.4) is 0 Å². The first kappa shape index (κ1) is 13.6. The molecule has 1 aromatic heterocycles. The fourth-order valence-electron chi connectivity index (χ4n) is 1.87. The number of aliphatic hydroxyl groups is 1. The molecule has 0 saturated heterocycles. The van der Waals surface area contributed by atoms with Gasteiger partial charge in [0.25, 0.3) is 5.91 Å². The summed E-state index contributed by atoms with van der Waals surface area (Å²) in [5.74, 6) is 0.0236. The van der Waals surface area contributed by atoms with Crippen LogP contribution in [0.15, 0.2) is 28.7 Å². The van der Waals surface area contributed by atoms with E-state index in [1.807, 2.05) is 38.1 Å². The average Bonchev–Trinajstić information content (AvgIpc) is 2.74. The second-order valence-corrected chi connectivity index (χ2v) is 5.09. The highest BCUT2D eigenvalue weighted by atomic mass is 16.3. The molecule has 2 N–H and O–H groups in total. The number of para-hydroxylation sites is 1. The molecule has 0 fully saturated rings. The molecule has 4 heteroatoms. The van der Waals surface area contributed by atoms with Gasteiger partial charge in [-0.05, 0) is 26.3 Å². The van der Waals surface area contributed by atoms with E-state index in [0.717, 1.165) is 10.9 Å². The van der Waals surface area contributed by atoms with Crippen molar-refractivity contribution < 1.29 is 14.3 Å². The quantitative estimate of drug-likeness (QED) is 0.889. The van der Waals surface area contributed by atoms with E-state index in [4.69, 9.17) is 4.42 Å². The zero-order valence-electron chi connectivity index (χ0n) is 11.5. The number of carbonyl (C=O) groups excluding carboxylic acids is 1. The summed E-state index contributed by atoms with van der Waals surface area (Å²) in [4.78, 5) is 12.1. The Bertz CT molecular complexity index is 598. The van der Waals surface area contributed by atoms with Crippen molar-refractivity contribution in [2.45, 2.75) is 32.8 Å². The summed E-state index contributed by atoms with van der Waals surface area (Å²) in [5.41, 5.74) is 0.631. The summed E-state index contributed by atoms with van der Waals surface area (Å²) in [7, 11) is 0. The van der Waals surface area contributed by atoms with Crippen LogP contribution in [0.5, 0.6) is 0 Å². The van der Waals surface area contributed by atoms with Crippen molar-refractivity contribution in [3.05, 3.63) is 35.6 Å². The molecule has 19 heavy (non-hydrogen) atoms. The van der Waals surface area contributed by atoms with Crippen LogP contribution in [0.1, 0.15) is 36.4 Å². The van der Waals surface area contributed by atoms with Crippen LogP contribution < -0.4 is 5.32 Å². The standard InChI is InChI=1S/C15H19NO3/c1-4-15(3,18)9-16-14(17)13-10(2)11-7-5-6-8-12(11)19-13/h5-8,18H,4,9H2,1-3H3,(H,16,17). The van der Waals surface area contributed by atoms with Gasteiger partial charge < -0.3 is 14.8 Å². The van der Waals surface area contributed by atoms with E-state index in [1.54, 1.807) is 6.92 Å².